The Labute approximate surface area is 164 Å². The van der Waals surface area contributed by atoms with E-state index in [1.54, 1.807) is 0 Å². The Kier molecular flexibility index (Phi) is 6.31. The molecule has 1 aromatic heterocycles. The number of rotatable bonds is 5. The predicted molar refractivity (Wildman–Crippen MR) is 97.5 cm³/mol. The fourth-order valence-electron chi connectivity index (χ4n) is 3.00. The van der Waals surface area contributed by atoms with Crippen LogP contribution in [0.5, 0.6) is 0 Å². The lowest BCUT2D eigenvalue weighted by molar-refractivity contribution is -0.137. The molecule has 1 N–H and O–H groups in total. The minimum atomic E-state index is -4.41. The quantitative estimate of drug-likeness (QED) is 0.761. The second-order valence-corrected chi connectivity index (χ2v) is 6.66. The lowest BCUT2D eigenvalue weighted by Gasteiger charge is -2.35. The van der Waals surface area contributed by atoms with Crippen LogP contribution in [0.15, 0.2) is 36.5 Å². The summed E-state index contributed by atoms with van der Waals surface area (Å²) in [6.45, 7) is 2.87. The highest BCUT2D eigenvalue weighted by molar-refractivity contribution is 5.90. The van der Waals surface area contributed by atoms with Gasteiger partial charge in [-0.2, -0.15) is 13.2 Å². The maximum Gasteiger partial charge on any atom is 0.417 e. The van der Waals surface area contributed by atoms with E-state index >= 15 is 0 Å². The number of carbonyl (C=O) groups is 1. The minimum absolute atomic E-state index is 0.178. The van der Waals surface area contributed by atoms with Crippen LogP contribution in [-0.4, -0.2) is 48.5 Å². The molecular formula is C19H19F5N4O. The van der Waals surface area contributed by atoms with Crippen molar-refractivity contribution >= 4 is 17.4 Å². The van der Waals surface area contributed by atoms with Gasteiger partial charge in [0.25, 0.3) is 0 Å². The van der Waals surface area contributed by atoms with Crippen LogP contribution in [0, 0.1) is 11.6 Å². The molecule has 1 aromatic carbocycles. The first kappa shape index (κ1) is 21.0. The number of hydrogen-bond donors (Lipinski definition) is 1. The maximum absolute atomic E-state index is 13.2. The number of pyridine rings is 1. The summed E-state index contributed by atoms with van der Waals surface area (Å²) >= 11 is 0. The molecule has 0 atom stereocenters. The molecule has 0 radical (unpaired) electrons. The van der Waals surface area contributed by atoms with Crippen LogP contribution in [0.3, 0.4) is 0 Å². The number of benzene rings is 1. The van der Waals surface area contributed by atoms with Gasteiger partial charge in [-0.05, 0) is 24.3 Å². The monoisotopic (exact) mass is 414 g/mol. The lowest BCUT2D eigenvalue weighted by atomic mass is 10.2. The molecule has 10 heteroatoms. The molecule has 5 nitrogen and oxygen atoms in total. The maximum atomic E-state index is 13.2. The van der Waals surface area contributed by atoms with E-state index < -0.39 is 23.4 Å². The third kappa shape index (κ3) is 5.63. The van der Waals surface area contributed by atoms with Gasteiger partial charge in [0.2, 0.25) is 5.91 Å². The average Bonchev–Trinajstić information content (AvgIpc) is 2.69. The number of hydrogen-bond acceptors (Lipinski definition) is 4. The van der Waals surface area contributed by atoms with Crippen molar-refractivity contribution in [3.63, 3.8) is 0 Å². The summed E-state index contributed by atoms with van der Waals surface area (Å²) in [6, 6.07) is 5.51. The molecule has 1 fully saturated rings. The molecule has 0 saturated carbocycles. The second kappa shape index (κ2) is 8.73. The molecule has 1 aliphatic heterocycles. The SMILES string of the molecule is O=C(CCN1CCN(c2ccc(C(F)(F)F)cn2)CC1)Nc1ccc(F)c(F)c1. The third-order valence-corrected chi connectivity index (χ3v) is 4.63. The Morgan fingerprint density at radius 3 is 2.34 bits per heavy atom. The normalized spacial score (nSPS) is 15.4. The van der Waals surface area contributed by atoms with E-state index in [0.29, 0.717) is 38.5 Å². The number of piperazine rings is 1. The van der Waals surface area contributed by atoms with Crippen molar-refractivity contribution in [3.8, 4) is 0 Å². The summed E-state index contributed by atoms with van der Waals surface area (Å²) < 4.78 is 63.9. The zero-order chi connectivity index (χ0) is 21.0. The van der Waals surface area contributed by atoms with Gasteiger partial charge in [-0.25, -0.2) is 13.8 Å². The van der Waals surface area contributed by atoms with E-state index in [0.717, 1.165) is 24.4 Å². The summed E-state index contributed by atoms with van der Waals surface area (Å²) in [5.74, 6) is -1.85. The van der Waals surface area contributed by atoms with Crippen LogP contribution in [0.4, 0.5) is 33.5 Å². The van der Waals surface area contributed by atoms with Gasteiger partial charge >= 0.3 is 6.18 Å². The van der Waals surface area contributed by atoms with Crippen molar-refractivity contribution < 1.29 is 26.7 Å². The standard InChI is InChI=1S/C19H19F5N4O/c20-15-3-2-14(11-16(15)21)26-18(29)5-6-27-7-9-28(10-8-27)17-4-1-13(12-25-17)19(22,23)24/h1-4,11-12H,5-10H2,(H,26,29). The predicted octanol–water partition coefficient (Wildman–Crippen LogP) is 3.53. The van der Waals surface area contributed by atoms with Crippen LogP contribution in [-0.2, 0) is 11.0 Å². The fraction of sp³-hybridized carbons (Fsp3) is 0.368. The second-order valence-electron chi connectivity index (χ2n) is 6.66. The first-order valence-electron chi connectivity index (χ1n) is 8.98. The summed E-state index contributed by atoms with van der Waals surface area (Å²) in [6.07, 6.45) is -3.41. The molecule has 2 aromatic rings. The number of anilines is 2. The average molecular weight is 414 g/mol. The molecule has 29 heavy (non-hydrogen) atoms. The molecule has 1 amide bonds. The number of alkyl halides is 3. The molecular weight excluding hydrogens is 395 g/mol. The van der Waals surface area contributed by atoms with Gasteiger partial charge in [-0.3, -0.25) is 9.69 Å². The molecule has 0 spiro atoms. The number of aromatic nitrogens is 1. The van der Waals surface area contributed by atoms with Crippen molar-refractivity contribution in [3.05, 3.63) is 53.7 Å². The first-order chi connectivity index (χ1) is 13.7. The van der Waals surface area contributed by atoms with Crippen molar-refractivity contribution in [1.29, 1.82) is 0 Å². The van der Waals surface area contributed by atoms with Crippen molar-refractivity contribution in [2.75, 3.05) is 42.9 Å². The van der Waals surface area contributed by atoms with Gasteiger partial charge in [0, 0.05) is 57.1 Å². The molecule has 1 saturated heterocycles. The highest BCUT2D eigenvalue weighted by Gasteiger charge is 2.31. The van der Waals surface area contributed by atoms with Crippen LogP contribution < -0.4 is 10.2 Å². The van der Waals surface area contributed by atoms with Crippen LogP contribution >= 0.6 is 0 Å². The smallest absolute Gasteiger partial charge is 0.354 e. The van der Waals surface area contributed by atoms with Crippen LogP contribution in [0.1, 0.15) is 12.0 Å². The van der Waals surface area contributed by atoms with E-state index in [9.17, 15) is 26.7 Å². The summed E-state index contributed by atoms with van der Waals surface area (Å²) in [5, 5.41) is 2.52. The highest BCUT2D eigenvalue weighted by atomic mass is 19.4. The van der Waals surface area contributed by atoms with Gasteiger partial charge in [-0.1, -0.05) is 0 Å². The Hall–Kier alpha value is -2.75. The van der Waals surface area contributed by atoms with Crippen molar-refractivity contribution in [2.45, 2.75) is 12.6 Å². The molecule has 156 valence electrons. The molecule has 0 aliphatic carbocycles. The van der Waals surface area contributed by atoms with E-state index in [4.69, 9.17) is 0 Å². The molecule has 2 heterocycles. The number of nitrogens with one attached hydrogen (secondary N) is 1. The van der Waals surface area contributed by atoms with E-state index in [1.807, 2.05) is 9.80 Å². The van der Waals surface area contributed by atoms with Crippen LogP contribution in [0.2, 0.25) is 0 Å². The molecule has 1 aliphatic rings. The lowest BCUT2D eigenvalue weighted by Crippen LogP contribution is -2.47. The van der Waals surface area contributed by atoms with Crippen molar-refractivity contribution in [1.82, 2.24) is 9.88 Å². The zero-order valence-corrected chi connectivity index (χ0v) is 15.3. The number of nitrogens with zero attached hydrogens (tertiary/aromatic N) is 3. The Balaban J connectivity index is 1.43. The summed E-state index contributed by atoms with van der Waals surface area (Å²) in [7, 11) is 0. The number of amides is 1. The van der Waals surface area contributed by atoms with Crippen molar-refractivity contribution in [2.24, 2.45) is 0 Å². The van der Waals surface area contributed by atoms with Gasteiger partial charge in [0.15, 0.2) is 11.6 Å². The summed E-state index contributed by atoms with van der Waals surface area (Å²) in [5.41, 5.74) is -0.598. The Morgan fingerprint density at radius 1 is 1.03 bits per heavy atom. The largest absolute Gasteiger partial charge is 0.417 e. The highest BCUT2D eigenvalue weighted by Crippen LogP contribution is 2.29. The first-order valence-corrected chi connectivity index (χ1v) is 8.98. The number of halogens is 5. The Morgan fingerprint density at radius 2 is 1.76 bits per heavy atom. The Bertz CT molecular complexity index is 849. The van der Waals surface area contributed by atoms with E-state index in [-0.39, 0.29) is 18.0 Å². The van der Waals surface area contributed by atoms with Gasteiger partial charge in [0.05, 0.1) is 5.56 Å². The minimum Gasteiger partial charge on any atom is -0.354 e. The third-order valence-electron chi connectivity index (χ3n) is 4.63. The zero-order valence-electron chi connectivity index (χ0n) is 15.3. The number of carbonyl (C=O) groups excluding carboxylic acids is 1. The van der Waals surface area contributed by atoms with Gasteiger partial charge < -0.3 is 10.2 Å². The van der Waals surface area contributed by atoms with E-state index in [1.165, 1.54) is 12.1 Å². The molecule has 3 rings (SSSR count). The molecule has 0 unspecified atom stereocenters. The van der Waals surface area contributed by atoms with Gasteiger partial charge in [-0.15, -0.1) is 0 Å². The fourth-order valence-corrected chi connectivity index (χ4v) is 3.00. The molecule has 0 bridgehead atoms. The van der Waals surface area contributed by atoms with E-state index in [2.05, 4.69) is 10.3 Å². The summed E-state index contributed by atoms with van der Waals surface area (Å²) in [4.78, 5) is 19.8. The topological polar surface area (TPSA) is 48.5 Å². The van der Waals surface area contributed by atoms with Crippen LogP contribution in [0.25, 0.3) is 0 Å². The van der Waals surface area contributed by atoms with Gasteiger partial charge in [0.1, 0.15) is 5.82 Å².